The van der Waals surface area contributed by atoms with Crippen molar-refractivity contribution in [3.63, 3.8) is 0 Å². The van der Waals surface area contributed by atoms with Gasteiger partial charge in [0.1, 0.15) is 6.04 Å². The quantitative estimate of drug-likeness (QED) is 0.770. The first-order valence-electron chi connectivity index (χ1n) is 4.85. The molecule has 80 valence electrons. The first-order chi connectivity index (χ1) is 6.70. The Bertz CT molecular complexity index is 242. The van der Waals surface area contributed by atoms with E-state index in [1.807, 2.05) is 6.26 Å². The number of amidine groups is 1. The number of rotatable bonds is 3. The fraction of sp³-hybridized carbons (Fsp3) is 0.778. The molecule has 0 spiro atoms. The molecule has 0 radical (unpaired) electrons. The maximum atomic E-state index is 11.8. The molecule has 1 unspecified atom stereocenters. The topological polar surface area (TPSA) is 44.7 Å². The van der Waals surface area contributed by atoms with Crippen molar-refractivity contribution in [2.24, 2.45) is 5.10 Å². The number of carbonyl (C=O) groups excluding carboxylic acids is 1. The van der Waals surface area contributed by atoms with Gasteiger partial charge >= 0.3 is 0 Å². The SMILES string of the molecule is CCCCC1NN=C(SC)N(C)C1=O. The van der Waals surface area contributed by atoms with Gasteiger partial charge in [-0.1, -0.05) is 31.5 Å². The number of nitrogens with one attached hydrogen (secondary N) is 1. The lowest BCUT2D eigenvalue weighted by molar-refractivity contribution is -0.129. The van der Waals surface area contributed by atoms with Gasteiger partial charge in [0.25, 0.3) is 5.91 Å². The molecule has 1 aliphatic heterocycles. The van der Waals surface area contributed by atoms with Crippen LogP contribution in [0.3, 0.4) is 0 Å². The Hall–Kier alpha value is -0.710. The summed E-state index contributed by atoms with van der Waals surface area (Å²) in [5.74, 6) is 0.123. The van der Waals surface area contributed by atoms with Crippen LogP contribution in [0.5, 0.6) is 0 Å². The van der Waals surface area contributed by atoms with Crippen LogP contribution in [-0.4, -0.2) is 35.3 Å². The number of likely N-dealkylation sites (N-methyl/N-ethyl adjacent to an activating group) is 1. The maximum Gasteiger partial charge on any atom is 0.252 e. The Kier molecular flexibility index (Phi) is 4.25. The van der Waals surface area contributed by atoms with E-state index in [-0.39, 0.29) is 11.9 Å². The first-order valence-corrected chi connectivity index (χ1v) is 6.08. The standard InChI is InChI=1S/C9H17N3OS/c1-4-5-6-7-8(13)12(2)9(14-3)11-10-7/h7,10H,4-6H2,1-3H3. The molecule has 0 aliphatic carbocycles. The van der Waals surface area contributed by atoms with Crippen molar-refractivity contribution in [3.05, 3.63) is 0 Å². The van der Waals surface area contributed by atoms with Gasteiger partial charge in [-0.3, -0.25) is 15.1 Å². The molecule has 4 nitrogen and oxygen atoms in total. The molecule has 1 aliphatic rings. The van der Waals surface area contributed by atoms with Crippen molar-refractivity contribution < 1.29 is 4.79 Å². The van der Waals surface area contributed by atoms with Gasteiger partial charge in [0, 0.05) is 7.05 Å². The Balaban J connectivity index is 2.59. The third-order valence-electron chi connectivity index (χ3n) is 2.26. The lowest BCUT2D eigenvalue weighted by Gasteiger charge is -2.28. The van der Waals surface area contributed by atoms with Gasteiger partial charge in [-0.15, -0.1) is 0 Å². The second kappa shape index (κ2) is 5.24. The normalized spacial score (nSPS) is 21.9. The Morgan fingerprint density at radius 3 is 2.93 bits per heavy atom. The predicted molar refractivity (Wildman–Crippen MR) is 60.2 cm³/mol. The van der Waals surface area contributed by atoms with Crippen LogP contribution < -0.4 is 5.43 Å². The summed E-state index contributed by atoms with van der Waals surface area (Å²) in [6, 6.07) is -0.129. The number of thioether (sulfide) groups is 1. The van der Waals surface area contributed by atoms with Crippen LogP contribution in [0, 0.1) is 0 Å². The number of unbranched alkanes of at least 4 members (excludes halogenated alkanes) is 1. The Morgan fingerprint density at radius 2 is 2.36 bits per heavy atom. The summed E-state index contributed by atoms with van der Waals surface area (Å²) < 4.78 is 0. The van der Waals surface area contributed by atoms with Gasteiger partial charge in [0.15, 0.2) is 5.17 Å². The lowest BCUT2D eigenvalue weighted by Crippen LogP contribution is -2.50. The van der Waals surface area contributed by atoms with Crippen LogP contribution in [-0.2, 0) is 4.79 Å². The zero-order chi connectivity index (χ0) is 10.6. The van der Waals surface area contributed by atoms with Crippen molar-refractivity contribution in [2.45, 2.75) is 32.2 Å². The molecule has 0 bridgehead atoms. The van der Waals surface area contributed by atoms with E-state index in [1.54, 1.807) is 11.9 Å². The molecule has 0 aromatic heterocycles. The van der Waals surface area contributed by atoms with Crippen molar-refractivity contribution in [3.8, 4) is 0 Å². The van der Waals surface area contributed by atoms with E-state index < -0.39 is 0 Å². The van der Waals surface area contributed by atoms with Crippen LogP contribution in [0.25, 0.3) is 0 Å². The van der Waals surface area contributed by atoms with E-state index in [4.69, 9.17) is 0 Å². The molecular weight excluding hydrogens is 198 g/mol. The molecule has 0 saturated heterocycles. The summed E-state index contributed by atoms with van der Waals surface area (Å²) in [7, 11) is 1.78. The zero-order valence-electron chi connectivity index (χ0n) is 8.91. The van der Waals surface area contributed by atoms with Crippen LogP contribution >= 0.6 is 11.8 Å². The van der Waals surface area contributed by atoms with Crippen LogP contribution in [0.1, 0.15) is 26.2 Å². The molecule has 1 amide bonds. The minimum Gasteiger partial charge on any atom is -0.295 e. The molecular formula is C9H17N3OS. The van der Waals surface area contributed by atoms with E-state index in [2.05, 4.69) is 17.5 Å². The molecule has 0 fully saturated rings. The number of nitrogens with zero attached hydrogens (tertiary/aromatic N) is 2. The fourth-order valence-corrected chi connectivity index (χ4v) is 1.88. The summed E-state index contributed by atoms with van der Waals surface area (Å²) in [5.41, 5.74) is 2.91. The van der Waals surface area contributed by atoms with Gasteiger partial charge in [-0.25, -0.2) is 0 Å². The minimum absolute atomic E-state index is 0.123. The first kappa shape index (κ1) is 11.4. The van der Waals surface area contributed by atoms with Crippen molar-refractivity contribution in [1.29, 1.82) is 0 Å². The number of amides is 1. The van der Waals surface area contributed by atoms with E-state index >= 15 is 0 Å². The van der Waals surface area contributed by atoms with Gasteiger partial charge in [-0.2, -0.15) is 5.10 Å². The second-order valence-corrected chi connectivity index (χ2v) is 4.09. The Morgan fingerprint density at radius 1 is 1.64 bits per heavy atom. The Labute approximate surface area is 89.1 Å². The van der Waals surface area contributed by atoms with Crippen molar-refractivity contribution in [2.75, 3.05) is 13.3 Å². The molecule has 0 aromatic rings. The van der Waals surface area contributed by atoms with E-state index in [9.17, 15) is 4.79 Å². The molecule has 1 rings (SSSR count). The smallest absolute Gasteiger partial charge is 0.252 e. The van der Waals surface area contributed by atoms with Crippen LogP contribution in [0.15, 0.2) is 5.10 Å². The third kappa shape index (κ3) is 2.41. The largest absolute Gasteiger partial charge is 0.295 e. The monoisotopic (exact) mass is 215 g/mol. The molecule has 0 aromatic carbocycles. The summed E-state index contributed by atoms with van der Waals surface area (Å²) in [6.07, 6.45) is 4.94. The lowest BCUT2D eigenvalue weighted by atomic mass is 10.1. The second-order valence-electron chi connectivity index (χ2n) is 3.32. The summed E-state index contributed by atoms with van der Waals surface area (Å²) in [6.45, 7) is 2.12. The molecule has 0 saturated carbocycles. The molecule has 5 heteroatoms. The number of hydrogen-bond donors (Lipinski definition) is 1. The summed E-state index contributed by atoms with van der Waals surface area (Å²) in [5, 5.41) is 4.89. The highest BCUT2D eigenvalue weighted by Gasteiger charge is 2.27. The highest BCUT2D eigenvalue weighted by Crippen LogP contribution is 2.12. The van der Waals surface area contributed by atoms with Gasteiger partial charge in [-0.05, 0) is 12.7 Å². The molecule has 1 atom stereocenters. The number of hydrogen-bond acceptors (Lipinski definition) is 4. The van der Waals surface area contributed by atoms with E-state index in [1.165, 1.54) is 11.8 Å². The number of carbonyl (C=O) groups is 1. The van der Waals surface area contributed by atoms with Gasteiger partial charge < -0.3 is 0 Å². The van der Waals surface area contributed by atoms with Gasteiger partial charge in [0.2, 0.25) is 0 Å². The molecule has 1 N–H and O–H groups in total. The van der Waals surface area contributed by atoms with Crippen molar-refractivity contribution in [1.82, 2.24) is 10.3 Å². The minimum atomic E-state index is -0.129. The maximum absolute atomic E-state index is 11.8. The highest BCUT2D eigenvalue weighted by atomic mass is 32.2. The third-order valence-corrected chi connectivity index (χ3v) is 2.99. The zero-order valence-corrected chi connectivity index (χ0v) is 9.73. The molecule has 14 heavy (non-hydrogen) atoms. The fourth-order valence-electron chi connectivity index (χ4n) is 1.37. The summed E-state index contributed by atoms with van der Waals surface area (Å²) in [4.78, 5) is 13.4. The molecule has 1 heterocycles. The predicted octanol–water partition coefficient (Wildman–Crippen LogP) is 1.24. The summed E-state index contributed by atoms with van der Waals surface area (Å²) >= 11 is 1.48. The van der Waals surface area contributed by atoms with E-state index in [0.29, 0.717) is 0 Å². The highest BCUT2D eigenvalue weighted by molar-refractivity contribution is 8.13. The van der Waals surface area contributed by atoms with Crippen molar-refractivity contribution >= 4 is 22.8 Å². The number of hydrazone groups is 1. The van der Waals surface area contributed by atoms with Crippen LogP contribution in [0.2, 0.25) is 0 Å². The van der Waals surface area contributed by atoms with Gasteiger partial charge in [0.05, 0.1) is 0 Å². The van der Waals surface area contributed by atoms with E-state index in [0.717, 1.165) is 24.4 Å². The average Bonchev–Trinajstić information content (AvgIpc) is 2.20. The van der Waals surface area contributed by atoms with Crippen LogP contribution in [0.4, 0.5) is 0 Å². The average molecular weight is 215 g/mol.